The van der Waals surface area contributed by atoms with E-state index in [0.29, 0.717) is 20.9 Å². The maximum absolute atomic E-state index is 13.4. The van der Waals surface area contributed by atoms with Crippen molar-refractivity contribution in [2.45, 2.75) is 0 Å². The molecule has 0 aromatic heterocycles. The number of nitrogens with one attached hydrogen (secondary N) is 2. The van der Waals surface area contributed by atoms with Crippen LogP contribution in [0.3, 0.4) is 0 Å². The Kier molecular flexibility index (Phi) is 4.59. The Morgan fingerprint density at radius 2 is 2.00 bits per heavy atom. The van der Waals surface area contributed by atoms with E-state index in [9.17, 15) is 9.18 Å². The molecule has 2 rings (SSSR count). The average Bonchev–Trinajstić information content (AvgIpc) is 2.43. The van der Waals surface area contributed by atoms with Crippen molar-refractivity contribution in [3.05, 3.63) is 57.3 Å². The van der Waals surface area contributed by atoms with Gasteiger partial charge in [-0.25, -0.2) is 4.39 Å². The molecular weight excluding hydrogens is 349 g/mol. The first-order chi connectivity index (χ1) is 9.51. The molecule has 0 heterocycles. The van der Waals surface area contributed by atoms with Crippen molar-refractivity contribution < 1.29 is 9.18 Å². The van der Waals surface area contributed by atoms with E-state index in [1.54, 1.807) is 18.2 Å². The SMILES string of the molecule is NNc1ccc(Cl)cc1C(=O)Nc1ccc(Br)c(F)c1. The summed E-state index contributed by atoms with van der Waals surface area (Å²) in [6, 6.07) is 8.95. The van der Waals surface area contributed by atoms with Gasteiger partial charge in [-0.05, 0) is 52.3 Å². The Morgan fingerprint density at radius 3 is 2.65 bits per heavy atom. The highest BCUT2D eigenvalue weighted by Crippen LogP contribution is 2.23. The fourth-order valence-electron chi connectivity index (χ4n) is 1.60. The number of anilines is 2. The van der Waals surface area contributed by atoms with Crippen LogP contribution in [0.15, 0.2) is 40.9 Å². The van der Waals surface area contributed by atoms with Crippen LogP contribution in [0.1, 0.15) is 10.4 Å². The number of halogens is 3. The van der Waals surface area contributed by atoms with Crippen molar-refractivity contribution in [1.29, 1.82) is 0 Å². The first-order valence-electron chi connectivity index (χ1n) is 5.54. The second-order valence-corrected chi connectivity index (χ2v) is 5.21. The predicted octanol–water partition coefficient (Wildman–Crippen LogP) is 3.78. The topological polar surface area (TPSA) is 67.1 Å². The van der Waals surface area contributed by atoms with Gasteiger partial charge in [0.05, 0.1) is 15.7 Å². The van der Waals surface area contributed by atoms with Crippen molar-refractivity contribution in [2.24, 2.45) is 5.84 Å². The maximum atomic E-state index is 13.4. The van der Waals surface area contributed by atoms with Crippen molar-refractivity contribution >= 4 is 44.8 Å². The number of hydrogen-bond donors (Lipinski definition) is 3. The second kappa shape index (κ2) is 6.21. The Morgan fingerprint density at radius 1 is 1.25 bits per heavy atom. The average molecular weight is 359 g/mol. The van der Waals surface area contributed by atoms with Crippen molar-refractivity contribution in [2.75, 3.05) is 10.7 Å². The van der Waals surface area contributed by atoms with E-state index in [0.717, 1.165) is 0 Å². The molecule has 4 N–H and O–H groups in total. The molecule has 0 saturated heterocycles. The quantitative estimate of drug-likeness (QED) is 0.578. The minimum absolute atomic E-state index is 0.267. The Balaban J connectivity index is 2.27. The van der Waals surface area contributed by atoms with Gasteiger partial charge in [0.15, 0.2) is 0 Å². The smallest absolute Gasteiger partial charge is 0.257 e. The Hall–Kier alpha value is -1.63. The van der Waals surface area contributed by atoms with Crippen molar-refractivity contribution in [1.82, 2.24) is 0 Å². The van der Waals surface area contributed by atoms with E-state index in [1.165, 1.54) is 18.2 Å². The van der Waals surface area contributed by atoms with Crippen LogP contribution in [-0.4, -0.2) is 5.91 Å². The van der Waals surface area contributed by atoms with Gasteiger partial charge in [0.2, 0.25) is 0 Å². The third kappa shape index (κ3) is 3.27. The zero-order chi connectivity index (χ0) is 14.7. The van der Waals surface area contributed by atoms with Gasteiger partial charge >= 0.3 is 0 Å². The molecule has 104 valence electrons. The molecule has 0 atom stereocenters. The molecule has 2 aromatic carbocycles. The van der Waals surface area contributed by atoms with Gasteiger partial charge in [0.1, 0.15) is 5.82 Å². The van der Waals surface area contributed by atoms with E-state index >= 15 is 0 Å². The van der Waals surface area contributed by atoms with Gasteiger partial charge in [0, 0.05) is 10.7 Å². The minimum Gasteiger partial charge on any atom is -0.323 e. The molecule has 0 radical (unpaired) electrons. The van der Waals surface area contributed by atoms with E-state index in [-0.39, 0.29) is 5.56 Å². The van der Waals surface area contributed by atoms with Gasteiger partial charge in [-0.2, -0.15) is 0 Å². The molecule has 0 fully saturated rings. The number of carbonyl (C=O) groups excluding carboxylic acids is 1. The lowest BCUT2D eigenvalue weighted by atomic mass is 10.1. The third-order valence-corrected chi connectivity index (χ3v) is 3.44. The van der Waals surface area contributed by atoms with E-state index < -0.39 is 11.7 Å². The highest BCUT2D eigenvalue weighted by Gasteiger charge is 2.12. The van der Waals surface area contributed by atoms with Crippen LogP contribution < -0.4 is 16.6 Å². The zero-order valence-corrected chi connectivity index (χ0v) is 12.4. The molecule has 0 bridgehead atoms. The molecule has 0 aliphatic heterocycles. The molecule has 0 aliphatic carbocycles. The minimum atomic E-state index is -0.467. The monoisotopic (exact) mass is 357 g/mol. The molecule has 2 aromatic rings. The first-order valence-corrected chi connectivity index (χ1v) is 6.71. The normalized spacial score (nSPS) is 10.2. The molecule has 0 aliphatic rings. The summed E-state index contributed by atoms with van der Waals surface area (Å²) in [4.78, 5) is 12.1. The molecular formula is C13H10BrClFN3O. The lowest BCUT2D eigenvalue weighted by Crippen LogP contribution is -2.17. The fraction of sp³-hybridized carbons (Fsp3) is 0. The lowest BCUT2D eigenvalue weighted by molar-refractivity contribution is 0.102. The van der Waals surface area contributed by atoms with Crippen LogP contribution in [-0.2, 0) is 0 Å². The van der Waals surface area contributed by atoms with Gasteiger partial charge in [0.25, 0.3) is 5.91 Å². The number of hydrogen-bond acceptors (Lipinski definition) is 3. The molecule has 0 saturated carbocycles. The van der Waals surface area contributed by atoms with E-state index in [2.05, 4.69) is 26.7 Å². The van der Waals surface area contributed by atoms with Crippen molar-refractivity contribution in [3.63, 3.8) is 0 Å². The number of nitrogens with two attached hydrogens (primary N) is 1. The first kappa shape index (κ1) is 14.8. The molecule has 20 heavy (non-hydrogen) atoms. The van der Waals surface area contributed by atoms with Gasteiger partial charge in [-0.15, -0.1) is 0 Å². The molecule has 0 unspecified atom stereocenters. The van der Waals surface area contributed by atoms with Gasteiger partial charge in [-0.3, -0.25) is 10.6 Å². The fourth-order valence-corrected chi connectivity index (χ4v) is 2.02. The summed E-state index contributed by atoms with van der Waals surface area (Å²) in [6.07, 6.45) is 0. The second-order valence-electron chi connectivity index (χ2n) is 3.92. The predicted molar refractivity (Wildman–Crippen MR) is 81.3 cm³/mol. The number of nitrogen functional groups attached to an aromatic ring is 1. The summed E-state index contributed by atoms with van der Waals surface area (Å²) in [7, 11) is 0. The maximum Gasteiger partial charge on any atom is 0.257 e. The number of amides is 1. The van der Waals surface area contributed by atoms with Gasteiger partial charge in [-0.1, -0.05) is 11.6 Å². The number of benzene rings is 2. The molecule has 0 spiro atoms. The zero-order valence-electron chi connectivity index (χ0n) is 10.1. The lowest BCUT2D eigenvalue weighted by Gasteiger charge is -2.10. The number of carbonyl (C=O) groups is 1. The van der Waals surface area contributed by atoms with Crippen LogP contribution in [0.2, 0.25) is 5.02 Å². The van der Waals surface area contributed by atoms with E-state index in [1.807, 2.05) is 0 Å². The number of rotatable bonds is 3. The molecule has 7 heteroatoms. The summed E-state index contributed by atoms with van der Waals surface area (Å²) >= 11 is 8.89. The van der Waals surface area contributed by atoms with Crippen LogP contribution >= 0.6 is 27.5 Å². The van der Waals surface area contributed by atoms with E-state index in [4.69, 9.17) is 17.4 Å². The molecule has 1 amide bonds. The van der Waals surface area contributed by atoms with Gasteiger partial charge < -0.3 is 10.7 Å². The summed E-state index contributed by atoms with van der Waals surface area (Å²) in [5.74, 6) is 4.43. The Bertz CT molecular complexity index is 666. The summed E-state index contributed by atoms with van der Waals surface area (Å²) < 4.78 is 13.7. The van der Waals surface area contributed by atoms with Crippen LogP contribution in [0.25, 0.3) is 0 Å². The van der Waals surface area contributed by atoms with Crippen molar-refractivity contribution in [3.8, 4) is 0 Å². The Labute approximate surface area is 128 Å². The van der Waals surface area contributed by atoms with Crippen LogP contribution in [0, 0.1) is 5.82 Å². The highest BCUT2D eigenvalue weighted by atomic mass is 79.9. The summed E-state index contributed by atoms with van der Waals surface area (Å²) in [5.41, 5.74) is 3.43. The third-order valence-electron chi connectivity index (χ3n) is 2.56. The summed E-state index contributed by atoms with van der Waals surface area (Å²) in [6.45, 7) is 0. The van der Waals surface area contributed by atoms with Crippen LogP contribution in [0.4, 0.5) is 15.8 Å². The largest absolute Gasteiger partial charge is 0.323 e. The van der Waals surface area contributed by atoms with Crippen LogP contribution in [0.5, 0.6) is 0 Å². The standard InChI is InChI=1S/C13H10BrClFN3O/c14-10-3-2-8(6-11(10)16)18-13(20)9-5-7(15)1-4-12(9)19-17/h1-6,19H,17H2,(H,18,20). The number of hydrazine groups is 1. The molecule has 4 nitrogen and oxygen atoms in total. The highest BCUT2D eigenvalue weighted by molar-refractivity contribution is 9.10. The summed E-state index contributed by atoms with van der Waals surface area (Å²) in [5, 5.41) is 2.97.